The van der Waals surface area contributed by atoms with Crippen LogP contribution in [0.3, 0.4) is 0 Å². The third-order valence-corrected chi connectivity index (χ3v) is 6.32. The molecule has 1 N–H and O–H groups in total. The van der Waals surface area contributed by atoms with E-state index in [1.807, 2.05) is 26.8 Å². The first-order valence-corrected chi connectivity index (χ1v) is 12.1. The van der Waals surface area contributed by atoms with E-state index in [4.69, 9.17) is 14.2 Å². The smallest absolute Gasteiger partial charge is 0.300 e. The van der Waals surface area contributed by atoms with Gasteiger partial charge in [-0.05, 0) is 67.3 Å². The van der Waals surface area contributed by atoms with Crippen LogP contribution in [0.2, 0.25) is 0 Å². The number of rotatable bonds is 8. The van der Waals surface area contributed by atoms with Crippen molar-refractivity contribution >= 4 is 23.1 Å². The SMILES string of the molecule is CCCOc1ccc(C2/C(=C(\O)c3cc(C)cc(C)c3OC)C(=O)C(=O)N2c2cccc(OC)c2)cc1. The van der Waals surface area contributed by atoms with E-state index < -0.39 is 17.7 Å². The molecule has 3 aromatic carbocycles. The minimum absolute atomic E-state index is 0.0154. The summed E-state index contributed by atoms with van der Waals surface area (Å²) in [5.74, 6) is -0.147. The van der Waals surface area contributed by atoms with Gasteiger partial charge >= 0.3 is 0 Å². The summed E-state index contributed by atoms with van der Waals surface area (Å²) >= 11 is 0. The molecule has 37 heavy (non-hydrogen) atoms. The highest BCUT2D eigenvalue weighted by Crippen LogP contribution is 2.44. The molecule has 1 aliphatic rings. The summed E-state index contributed by atoms with van der Waals surface area (Å²) in [6, 6.07) is 16.9. The molecule has 1 amide bonds. The molecule has 1 saturated heterocycles. The lowest BCUT2D eigenvalue weighted by Crippen LogP contribution is -2.29. The largest absolute Gasteiger partial charge is 0.507 e. The maximum atomic E-state index is 13.5. The lowest BCUT2D eigenvalue weighted by molar-refractivity contribution is -0.132. The number of ether oxygens (including phenoxy) is 3. The van der Waals surface area contributed by atoms with E-state index in [1.54, 1.807) is 54.6 Å². The number of benzene rings is 3. The average molecular weight is 502 g/mol. The Labute approximate surface area is 216 Å². The Morgan fingerprint density at radius 1 is 0.946 bits per heavy atom. The maximum absolute atomic E-state index is 13.5. The van der Waals surface area contributed by atoms with E-state index in [0.29, 0.717) is 40.7 Å². The van der Waals surface area contributed by atoms with E-state index in [-0.39, 0.29) is 11.3 Å². The monoisotopic (exact) mass is 501 g/mol. The topological polar surface area (TPSA) is 85.3 Å². The van der Waals surface area contributed by atoms with Crippen LogP contribution in [0.25, 0.3) is 5.76 Å². The summed E-state index contributed by atoms with van der Waals surface area (Å²) in [4.78, 5) is 28.4. The Bertz CT molecular complexity index is 1360. The summed E-state index contributed by atoms with van der Waals surface area (Å²) in [5.41, 5.74) is 3.16. The number of Topliss-reactive ketones (excluding diaryl/α,β-unsaturated/α-hetero) is 1. The van der Waals surface area contributed by atoms with Crippen LogP contribution < -0.4 is 19.1 Å². The van der Waals surface area contributed by atoms with Crippen LogP contribution in [-0.4, -0.2) is 37.6 Å². The molecule has 0 radical (unpaired) electrons. The van der Waals surface area contributed by atoms with Crippen LogP contribution in [0, 0.1) is 13.8 Å². The van der Waals surface area contributed by atoms with Crippen molar-refractivity contribution in [2.75, 3.05) is 25.7 Å². The second-order valence-electron chi connectivity index (χ2n) is 8.95. The highest BCUT2D eigenvalue weighted by molar-refractivity contribution is 6.51. The van der Waals surface area contributed by atoms with Crippen LogP contribution >= 0.6 is 0 Å². The highest BCUT2D eigenvalue weighted by atomic mass is 16.5. The molecule has 1 aliphatic heterocycles. The molecule has 1 fully saturated rings. The van der Waals surface area contributed by atoms with Crippen LogP contribution in [0.15, 0.2) is 66.2 Å². The van der Waals surface area contributed by atoms with Crippen molar-refractivity contribution in [3.8, 4) is 17.2 Å². The van der Waals surface area contributed by atoms with Crippen LogP contribution in [-0.2, 0) is 9.59 Å². The predicted octanol–water partition coefficient (Wildman–Crippen LogP) is 5.74. The Morgan fingerprint density at radius 3 is 2.32 bits per heavy atom. The molecule has 0 aromatic heterocycles. The molecule has 3 aromatic rings. The molecule has 7 heteroatoms. The van der Waals surface area contributed by atoms with Gasteiger partial charge in [-0.15, -0.1) is 0 Å². The number of carbonyl (C=O) groups is 2. The molecule has 0 bridgehead atoms. The molecule has 192 valence electrons. The van der Waals surface area contributed by atoms with Gasteiger partial charge in [-0.3, -0.25) is 14.5 Å². The molecular weight excluding hydrogens is 470 g/mol. The number of amides is 1. The lowest BCUT2D eigenvalue weighted by atomic mass is 9.93. The minimum atomic E-state index is -0.877. The van der Waals surface area contributed by atoms with Crippen molar-refractivity contribution < 1.29 is 28.9 Å². The van der Waals surface area contributed by atoms with Crippen molar-refractivity contribution in [3.63, 3.8) is 0 Å². The number of hydrogen-bond acceptors (Lipinski definition) is 6. The van der Waals surface area contributed by atoms with Crippen molar-refractivity contribution in [3.05, 3.63) is 88.5 Å². The van der Waals surface area contributed by atoms with Gasteiger partial charge < -0.3 is 19.3 Å². The van der Waals surface area contributed by atoms with Gasteiger partial charge in [0.25, 0.3) is 11.7 Å². The van der Waals surface area contributed by atoms with Crippen molar-refractivity contribution in [1.29, 1.82) is 0 Å². The van der Waals surface area contributed by atoms with Crippen molar-refractivity contribution in [2.45, 2.75) is 33.2 Å². The molecule has 1 unspecified atom stereocenters. The Morgan fingerprint density at radius 2 is 1.68 bits per heavy atom. The van der Waals surface area contributed by atoms with Crippen LogP contribution in [0.4, 0.5) is 5.69 Å². The van der Waals surface area contributed by atoms with E-state index in [1.165, 1.54) is 19.1 Å². The van der Waals surface area contributed by atoms with Crippen molar-refractivity contribution in [2.24, 2.45) is 0 Å². The summed E-state index contributed by atoms with van der Waals surface area (Å²) in [6.45, 7) is 6.36. The number of aliphatic hydroxyl groups excluding tert-OH is 1. The molecule has 7 nitrogen and oxygen atoms in total. The first kappa shape index (κ1) is 25.8. The molecular formula is C30H31NO6. The molecule has 4 rings (SSSR count). The van der Waals surface area contributed by atoms with Gasteiger partial charge in [0, 0.05) is 11.8 Å². The zero-order valence-corrected chi connectivity index (χ0v) is 21.7. The quantitative estimate of drug-likeness (QED) is 0.241. The molecule has 0 spiro atoms. The summed E-state index contributed by atoms with van der Waals surface area (Å²) in [7, 11) is 3.04. The zero-order chi connectivity index (χ0) is 26.7. The van der Waals surface area contributed by atoms with Gasteiger partial charge in [-0.25, -0.2) is 0 Å². The lowest BCUT2D eigenvalue weighted by Gasteiger charge is -2.26. The first-order valence-electron chi connectivity index (χ1n) is 12.1. The fourth-order valence-electron chi connectivity index (χ4n) is 4.69. The number of nitrogens with zero attached hydrogens (tertiary/aromatic N) is 1. The Hall–Kier alpha value is -4.26. The van der Waals surface area contributed by atoms with Gasteiger partial charge in [0.2, 0.25) is 0 Å². The van der Waals surface area contributed by atoms with Crippen LogP contribution in [0.1, 0.15) is 41.6 Å². The number of hydrogen-bond donors (Lipinski definition) is 1. The highest BCUT2D eigenvalue weighted by Gasteiger charge is 2.47. The minimum Gasteiger partial charge on any atom is -0.507 e. The maximum Gasteiger partial charge on any atom is 0.300 e. The number of aliphatic hydroxyl groups is 1. The molecule has 1 heterocycles. The number of carbonyl (C=O) groups excluding carboxylic acids is 2. The predicted molar refractivity (Wildman–Crippen MR) is 142 cm³/mol. The molecule has 0 saturated carbocycles. The standard InChI is InChI=1S/C30H31NO6/c1-6-14-37-22-12-10-20(11-13-22)26-25(27(32)24-16-18(2)15-19(3)29(24)36-5)28(33)30(34)31(26)21-8-7-9-23(17-21)35-4/h7-13,15-17,26,32H,6,14H2,1-5H3/b27-25+. The second-order valence-corrected chi connectivity index (χ2v) is 8.95. The Kier molecular flexibility index (Phi) is 7.53. The van der Waals surface area contributed by atoms with E-state index >= 15 is 0 Å². The van der Waals surface area contributed by atoms with Gasteiger partial charge in [0.05, 0.1) is 38.0 Å². The summed E-state index contributed by atoms with van der Waals surface area (Å²) < 4.78 is 16.6. The van der Waals surface area contributed by atoms with Gasteiger partial charge in [0.15, 0.2) is 0 Å². The van der Waals surface area contributed by atoms with Crippen molar-refractivity contribution in [1.82, 2.24) is 0 Å². The fourth-order valence-corrected chi connectivity index (χ4v) is 4.69. The number of ketones is 1. The summed E-state index contributed by atoms with van der Waals surface area (Å²) in [5, 5.41) is 11.6. The van der Waals surface area contributed by atoms with E-state index in [0.717, 1.165) is 17.5 Å². The van der Waals surface area contributed by atoms with Gasteiger partial charge in [-0.1, -0.05) is 31.2 Å². The van der Waals surface area contributed by atoms with Gasteiger partial charge in [-0.2, -0.15) is 0 Å². The number of methoxy groups -OCH3 is 2. The molecule has 1 atom stereocenters. The summed E-state index contributed by atoms with van der Waals surface area (Å²) in [6.07, 6.45) is 0.871. The third-order valence-electron chi connectivity index (χ3n) is 6.32. The van der Waals surface area contributed by atoms with Crippen LogP contribution in [0.5, 0.6) is 17.2 Å². The first-order chi connectivity index (χ1) is 17.8. The average Bonchev–Trinajstić information content (AvgIpc) is 3.17. The Balaban J connectivity index is 1.95. The van der Waals surface area contributed by atoms with E-state index in [2.05, 4.69) is 0 Å². The van der Waals surface area contributed by atoms with E-state index in [9.17, 15) is 14.7 Å². The fraction of sp³-hybridized carbons (Fsp3) is 0.267. The molecule has 0 aliphatic carbocycles. The zero-order valence-electron chi connectivity index (χ0n) is 21.7. The normalized spacial score (nSPS) is 16.7. The van der Waals surface area contributed by atoms with Gasteiger partial charge in [0.1, 0.15) is 23.0 Å². The number of anilines is 1. The third kappa shape index (κ3) is 4.89. The number of aryl methyl sites for hydroxylation is 2. The second kappa shape index (κ2) is 10.8.